The minimum Gasteiger partial charge on any atom is -0.244 e. The molecule has 3 heteroatoms. The summed E-state index contributed by atoms with van der Waals surface area (Å²) in [5.41, 5.74) is 4.28. The standard InChI is InChI=1S/C17H13ClN2/c18-17(14-4-2-1-3-5-14)15-8-6-13(7-9-15)16-10-19-12-20-11-16/h1-12,17H. The van der Waals surface area contributed by atoms with Gasteiger partial charge < -0.3 is 0 Å². The van der Waals surface area contributed by atoms with E-state index in [1.807, 2.05) is 54.6 Å². The van der Waals surface area contributed by atoms with Crippen molar-refractivity contribution in [1.82, 2.24) is 9.97 Å². The maximum absolute atomic E-state index is 6.51. The first-order valence-corrected chi connectivity index (χ1v) is 6.82. The predicted octanol–water partition coefficient (Wildman–Crippen LogP) is 4.47. The molecule has 3 aromatic rings. The molecule has 0 spiro atoms. The van der Waals surface area contributed by atoms with Crippen LogP contribution in [0.15, 0.2) is 73.3 Å². The molecular weight excluding hydrogens is 268 g/mol. The number of aromatic nitrogens is 2. The van der Waals surface area contributed by atoms with E-state index in [-0.39, 0.29) is 5.38 Å². The molecule has 0 saturated carbocycles. The third-order valence-electron chi connectivity index (χ3n) is 3.19. The average molecular weight is 281 g/mol. The summed E-state index contributed by atoms with van der Waals surface area (Å²) >= 11 is 6.51. The van der Waals surface area contributed by atoms with E-state index in [9.17, 15) is 0 Å². The normalized spacial score (nSPS) is 12.1. The largest absolute Gasteiger partial charge is 0.244 e. The van der Waals surface area contributed by atoms with E-state index in [0.29, 0.717) is 0 Å². The number of halogens is 1. The second-order valence-electron chi connectivity index (χ2n) is 4.52. The number of hydrogen-bond acceptors (Lipinski definition) is 2. The number of hydrogen-bond donors (Lipinski definition) is 0. The Labute approximate surface area is 123 Å². The van der Waals surface area contributed by atoms with Gasteiger partial charge in [-0.1, -0.05) is 54.6 Å². The van der Waals surface area contributed by atoms with Crippen LogP contribution in [-0.2, 0) is 0 Å². The Hall–Kier alpha value is -2.19. The van der Waals surface area contributed by atoms with E-state index in [2.05, 4.69) is 9.97 Å². The van der Waals surface area contributed by atoms with Crippen LogP contribution in [0.1, 0.15) is 16.5 Å². The lowest BCUT2D eigenvalue weighted by Gasteiger charge is -2.11. The first-order chi connectivity index (χ1) is 9.84. The van der Waals surface area contributed by atoms with Gasteiger partial charge in [0.25, 0.3) is 0 Å². The highest BCUT2D eigenvalue weighted by atomic mass is 35.5. The lowest BCUT2D eigenvalue weighted by atomic mass is 10.0. The van der Waals surface area contributed by atoms with Gasteiger partial charge in [0.2, 0.25) is 0 Å². The number of alkyl halides is 1. The van der Waals surface area contributed by atoms with Crippen LogP contribution >= 0.6 is 11.6 Å². The van der Waals surface area contributed by atoms with E-state index < -0.39 is 0 Å². The highest BCUT2D eigenvalue weighted by molar-refractivity contribution is 6.22. The second kappa shape index (κ2) is 5.85. The molecule has 0 N–H and O–H groups in total. The molecule has 0 bridgehead atoms. The fourth-order valence-electron chi connectivity index (χ4n) is 2.11. The van der Waals surface area contributed by atoms with Crippen LogP contribution in [-0.4, -0.2) is 9.97 Å². The van der Waals surface area contributed by atoms with Gasteiger partial charge in [-0.15, -0.1) is 11.6 Å². The Morgan fingerprint density at radius 2 is 1.30 bits per heavy atom. The molecule has 1 heterocycles. The van der Waals surface area contributed by atoms with Gasteiger partial charge in [-0.25, -0.2) is 9.97 Å². The molecule has 3 rings (SSSR count). The topological polar surface area (TPSA) is 25.8 Å². The number of nitrogens with zero attached hydrogens (tertiary/aromatic N) is 2. The van der Waals surface area contributed by atoms with Crippen molar-refractivity contribution in [2.24, 2.45) is 0 Å². The van der Waals surface area contributed by atoms with Crippen LogP contribution in [0.2, 0.25) is 0 Å². The summed E-state index contributed by atoms with van der Waals surface area (Å²) in [5, 5.41) is -0.128. The van der Waals surface area contributed by atoms with Gasteiger partial charge >= 0.3 is 0 Å². The quantitative estimate of drug-likeness (QED) is 0.662. The Bertz CT molecular complexity index is 666. The van der Waals surface area contributed by atoms with Gasteiger partial charge in [-0.05, 0) is 16.7 Å². The fraction of sp³-hybridized carbons (Fsp3) is 0.0588. The number of rotatable bonds is 3. The van der Waals surface area contributed by atoms with Crippen LogP contribution in [0.3, 0.4) is 0 Å². The van der Waals surface area contributed by atoms with Crippen molar-refractivity contribution >= 4 is 11.6 Å². The van der Waals surface area contributed by atoms with Gasteiger partial charge in [0.15, 0.2) is 0 Å². The van der Waals surface area contributed by atoms with Crippen molar-refractivity contribution in [3.8, 4) is 11.1 Å². The molecule has 2 aromatic carbocycles. The molecular formula is C17H13ClN2. The monoisotopic (exact) mass is 280 g/mol. The van der Waals surface area contributed by atoms with Crippen LogP contribution < -0.4 is 0 Å². The second-order valence-corrected chi connectivity index (χ2v) is 4.96. The molecule has 1 aromatic heterocycles. The Morgan fingerprint density at radius 1 is 0.700 bits per heavy atom. The summed E-state index contributed by atoms with van der Waals surface area (Å²) in [6, 6.07) is 18.3. The zero-order chi connectivity index (χ0) is 13.8. The molecule has 0 fully saturated rings. The van der Waals surface area contributed by atoms with E-state index in [1.54, 1.807) is 12.4 Å². The summed E-state index contributed by atoms with van der Waals surface area (Å²) in [4.78, 5) is 8.06. The molecule has 0 aliphatic carbocycles. The molecule has 0 aliphatic heterocycles. The van der Waals surface area contributed by atoms with Crippen LogP contribution in [0.4, 0.5) is 0 Å². The summed E-state index contributed by atoms with van der Waals surface area (Å²) in [6.07, 6.45) is 5.14. The Morgan fingerprint density at radius 3 is 1.95 bits per heavy atom. The minimum atomic E-state index is -0.128. The maximum Gasteiger partial charge on any atom is 0.115 e. The molecule has 1 unspecified atom stereocenters. The summed E-state index contributed by atoms with van der Waals surface area (Å²) in [7, 11) is 0. The average Bonchev–Trinajstić information content (AvgIpc) is 2.56. The highest BCUT2D eigenvalue weighted by Gasteiger charge is 2.10. The van der Waals surface area contributed by atoms with Crippen molar-refractivity contribution in [3.05, 3.63) is 84.4 Å². The van der Waals surface area contributed by atoms with E-state index in [4.69, 9.17) is 11.6 Å². The van der Waals surface area contributed by atoms with Crippen molar-refractivity contribution in [3.63, 3.8) is 0 Å². The molecule has 1 atom stereocenters. The van der Waals surface area contributed by atoms with Crippen molar-refractivity contribution in [2.75, 3.05) is 0 Å². The first-order valence-electron chi connectivity index (χ1n) is 6.39. The lowest BCUT2D eigenvalue weighted by molar-refractivity contribution is 1.14. The molecule has 0 radical (unpaired) electrons. The van der Waals surface area contributed by atoms with Gasteiger partial charge in [0.1, 0.15) is 6.33 Å². The van der Waals surface area contributed by atoms with E-state index in [0.717, 1.165) is 22.3 Å². The van der Waals surface area contributed by atoms with E-state index in [1.165, 1.54) is 6.33 Å². The molecule has 20 heavy (non-hydrogen) atoms. The van der Waals surface area contributed by atoms with Gasteiger partial charge in [-0.3, -0.25) is 0 Å². The van der Waals surface area contributed by atoms with Gasteiger partial charge in [0, 0.05) is 18.0 Å². The maximum atomic E-state index is 6.51. The summed E-state index contributed by atoms with van der Waals surface area (Å²) < 4.78 is 0. The zero-order valence-electron chi connectivity index (χ0n) is 10.8. The highest BCUT2D eigenvalue weighted by Crippen LogP contribution is 2.29. The summed E-state index contributed by atoms with van der Waals surface area (Å²) in [6.45, 7) is 0. The van der Waals surface area contributed by atoms with Crippen LogP contribution in [0, 0.1) is 0 Å². The molecule has 2 nitrogen and oxygen atoms in total. The van der Waals surface area contributed by atoms with Crippen LogP contribution in [0.5, 0.6) is 0 Å². The fourth-order valence-corrected chi connectivity index (χ4v) is 2.40. The van der Waals surface area contributed by atoms with Gasteiger partial charge in [0.05, 0.1) is 5.38 Å². The first kappa shape index (κ1) is 12.8. The lowest BCUT2D eigenvalue weighted by Crippen LogP contribution is -1.92. The molecule has 98 valence electrons. The smallest absolute Gasteiger partial charge is 0.115 e. The third kappa shape index (κ3) is 2.70. The summed E-state index contributed by atoms with van der Waals surface area (Å²) in [5.74, 6) is 0. The van der Waals surface area contributed by atoms with Crippen molar-refractivity contribution in [2.45, 2.75) is 5.38 Å². The number of benzene rings is 2. The Balaban J connectivity index is 1.87. The SMILES string of the molecule is ClC(c1ccccc1)c1ccc(-c2cncnc2)cc1. The molecule has 0 saturated heterocycles. The minimum absolute atomic E-state index is 0.128. The van der Waals surface area contributed by atoms with E-state index >= 15 is 0 Å². The van der Waals surface area contributed by atoms with Gasteiger partial charge in [-0.2, -0.15) is 0 Å². The molecule has 0 amide bonds. The predicted molar refractivity (Wildman–Crippen MR) is 81.6 cm³/mol. The third-order valence-corrected chi connectivity index (χ3v) is 3.69. The van der Waals surface area contributed by atoms with Crippen LogP contribution in [0.25, 0.3) is 11.1 Å². The molecule has 0 aliphatic rings. The Kier molecular flexibility index (Phi) is 3.75. The zero-order valence-corrected chi connectivity index (χ0v) is 11.5. The van der Waals surface area contributed by atoms with Crippen molar-refractivity contribution < 1.29 is 0 Å². The van der Waals surface area contributed by atoms with Crippen molar-refractivity contribution in [1.29, 1.82) is 0 Å².